The Morgan fingerprint density at radius 2 is 0.833 bits per heavy atom. The highest BCUT2D eigenvalue weighted by Crippen LogP contribution is 1.93. The standard InChI is InChI=1S/2C6H7N.2C2H4O2.2HI/c2*7-6-4-2-1-3-5-6;2*1-2(3)4;;/h2*1-5H,7H2;2*1H3,(H,3,4);2*1H/p-2. The van der Waals surface area contributed by atoms with Crippen LogP contribution in [0.25, 0.3) is 0 Å². The van der Waals surface area contributed by atoms with Gasteiger partial charge >= 0.3 is 0 Å². The predicted molar refractivity (Wildman–Crippen MR) is 79.3 cm³/mol. The zero-order chi connectivity index (χ0) is 17.4. The van der Waals surface area contributed by atoms with E-state index in [0.29, 0.717) is 0 Å². The Bertz CT molecular complexity index is 469. The monoisotopic (exact) mass is 560 g/mol. The van der Waals surface area contributed by atoms with Gasteiger partial charge in [-0.3, -0.25) is 0 Å². The maximum absolute atomic E-state index is 8.89. The van der Waals surface area contributed by atoms with Gasteiger partial charge in [0.05, 0.1) is 0 Å². The fourth-order valence-corrected chi connectivity index (χ4v) is 0.956. The highest BCUT2D eigenvalue weighted by Gasteiger charge is 1.77. The second kappa shape index (κ2) is 21.8. The highest BCUT2D eigenvalue weighted by molar-refractivity contribution is 5.60. The molecule has 2 rings (SSSR count). The van der Waals surface area contributed by atoms with E-state index in [0.717, 1.165) is 25.2 Å². The molecule has 0 atom stereocenters. The van der Waals surface area contributed by atoms with Crippen LogP contribution in [0.4, 0.5) is 11.4 Å². The van der Waals surface area contributed by atoms with Gasteiger partial charge in [0.1, 0.15) is 11.4 Å². The molecule has 0 fully saturated rings. The number of hydrogen-bond acceptors (Lipinski definition) is 4. The van der Waals surface area contributed by atoms with Crippen molar-refractivity contribution in [1.29, 1.82) is 0 Å². The maximum Gasteiger partial charge on any atom is 0.127 e. The number of carboxylic acids is 2. The van der Waals surface area contributed by atoms with Crippen LogP contribution in [-0.4, -0.2) is 11.9 Å². The third-order valence-corrected chi connectivity index (χ3v) is 1.69. The summed E-state index contributed by atoms with van der Waals surface area (Å²) in [4.78, 5) is 17.8. The Morgan fingerprint density at radius 3 is 0.917 bits per heavy atom. The fourth-order valence-electron chi connectivity index (χ4n) is 0.956. The molecule has 0 aliphatic rings. The first-order valence-corrected chi connectivity index (χ1v) is 6.34. The Hall–Kier alpha value is -1.24. The quantitative estimate of drug-likeness (QED) is 0.310. The molecule has 2 aromatic rings. The Kier molecular flexibility index (Phi) is 27.8. The Morgan fingerprint density at radius 1 is 0.667 bits per heavy atom. The number of quaternary nitrogens is 2. The first-order valence-electron chi connectivity index (χ1n) is 6.34. The van der Waals surface area contributed by atoms with Crippen molar-refractivity contribution in [3.8, 4) is 0 Å². The largest absolute Gasteiger partial charge is 1.00 e. The summed E-state index contributed by atoms with van der Waals surface area (Å²) in [7, 11) is 0. The SMILES string of the molecule is CC(=O)[O-].CC(=O)[O-].[I-].[I-].[NH3+]c1ccccc1.[NH3+]c1ccccc1. The van der Waals surface area contributed by atoms with Crippen molar-refractivity contribution in [3.63, 3.8) is 0 Å². The Balaban J connectivity index is -0.000000112. The van der Waals surface area contributed by atoms with E-state index in [2.05, 4.69) is 11.5 Å². The molecule has 24 heavy (non-hydrogen) atoms. The van der Waals surface area contributed by atoms with Crippen molar-refractivity contribution in [2.24, 2.45) is 0 Å². The second-order valence-electron chi connectivity index (χ2n) is 3.95. The van der Waals surface area contributed by atoms with Gasteiger partial charge in [0, 0.05) is 11.9 Å². The van der Waals surface area contributed by atoms with Crippen LogP contribution in [0.5, 0.6) is 0 Å². The molecule has 2 aromatic carbocycles. The second-order valence-corrected chi connectivity index (χ2v) is 3.95. The van der Waals surface area contributed by atoms with Gasteiger partial charge in [-0.05, 0) is 38.1 Å². The molecule has 0 radical (unpaired) electrons. The van der Waals surface area contributed by atoms with E-state index in [1.807, 2.05) is 60.7 Å². The van der Waals surface area contributed by atoms with Gasteiger partial charge in [-0.25, -0.2) is 0 Å². The lowest BCUT2D eigenvalue weighted by Gasteiger charge is -1.78. The van der Waals surface area contributed by atoms with Gasteiger partial charge in [-0.2, -0.15) is 0 Å². The molecule has 0 unspecified atom stereocenters. The van der Waals surface area contributed by atoms with E-state index in [9.17, 15) is 0 Å². The summed E-state index contributed by atoms with van der Waals surface area (Å²) in [5.41, 5.74) is 9.58. The van der Waals surface area contributed by atoms with E-state index in [1.54, 1.807) is 0 Å². The number of hydrogen-bond donors (Lipinski definition) is 2. The lowest BCUT2D eigenvalue weighted by atomic mass is 10.3. The molecule has 0 heterocycles. The van der Waals surface area contributed by atoms with E-state index < -0.39 is 11.9 Å². The van der Waals surface area contributed by atoms with E-state index >= 15 is 0 Å². The topological polar surface area (TPSA) is 136 Å². The van der Waals surface area contributed by atoms with Gasteiger partial charge in [0.2, 0.25) is 0 Å². The van der Waals surface area contributed by atoms with E-state index in [1.165, 1.54) is 0 Å². The molecule has 0 saturated heterocycles. The fraction of sp³-hybridized carbons (Fsp3) is 0.125. The molecule has 136 valence electrons. The van der Waals surface area contributed by atoms with Crippen molar-refractivity contribution < 1.29 is 79.2 Å². The van der Waals surface area contributed by atoms with Crippen molar-refractivity contribution >= 4 is 23.3 Å². The lowest BCUT2D eigenvalue weighted by molar-refractivity contribution is -0.303. The van der Waals surface area contributed by atoms with Crippen LogP contribution in [0.1, 0.15) is 13.8 Å². The smallest absolute Gasteiger partial charge is 0.127 e. The number of carboxylic acid groups (broad SMARTS) is 2. The lowest BCUT2D eigenvalue weighted by Crippen LogP contribution is -3.00. The number of rotatable bonds is 0. The summed E-state index contributed by atoms with van der Waals surface area (Å²) < 4.78 is 0. The minimum atomic E-state index is -1.08. The minimum Gasteiger partial charge on any atom is -1.00 e. The van der Waals surface area contributed by atoms with Crippen molar-refractivity contribution in [2.45, 2.75) is 13.8 Å². The summed E-state index contributed by atoms with van der Waals surface area (Å²) in [6, 6.07) is 19.7. The number of halogens is 2. The third-order valence-electron chi connectivity index (χ3n) is 1.69. The van der Waals surface area contributed by atoms with Crippen LogP contribution >= 0.6 is 0 Å². The predicted octanol–water partition coefficient (Wildman–Crippen LogP) is -7.36. The first-order chi connectivity index (χ1) is 10.3. The first kappa shape index (κ1) is 30.6. The third kappa shape index (κ3) is 37.2. The van der Waals surface area contributed by atoms with Crippen LogP contribution in [0.2, 0.25) is 0 Å². The van der Waals surface area contributed by atoms with Gasteiger partial charge in [-0.1, -0.05) is 36.4 Å². The zero-order valence-corrected chi connectivity index (χ0v) is 17.9. The molecule has 6 N–H and O–H groups in total. The molecule has 0 aromatic heterocycles. The molecule has 0 aliphatic heterocycles. The number of carbonyl (C=O) groups is 2. The average molecular weight is 560 g/mol. The summed E-state index contributed by atoms with van der Waals surface area (Å²) in [6.07, 6.45) is 0. The van der Waals surface area contributed by atoms with Gasteiger partial charge in [0.25, 0.3) is 0 Å². The van der Waals surface area contributed by atoms with Crippen LogP contribution < -0.4 is 69.6 Å². The minimum absolute atomic E-state index is 0. The summed E-state index contributed by atoms with van der Waals surface area (Å²) in [5.74, 6) is -2.17. The van der Waals surface area contributed by atoms with Crippen molar-refractivity contribution in [3.05, 3.63) is 60.7 Å². The van der Waals surface area contributed by atoms with Crippen LogP contribution in [-0.2, 0) is 9.59 Å². The normalized spacial score (nSPS) is 7.17. The molecule has 0 aliphatic carbocycles. The molecule has 6 nitrogen and oxygen atoms in total. The van der Waals surface area contributed by atoms with Gasteiger partial charge in [-0.15, -0.1) is 0 Å². The van der Waals surface area contributed by atoms with Crippen molar-refractivity contribution in [1.82, 2.24) is 0 Å². The summed E-state index contributed by atoms with van der Waals surface area (Å²) in [6.45, 7) is 1.94. The van der Waals surface area contributed by atoms with Crippen molar-refractivity contribution in [2.75, 3.05) is 0 Å². The molecule has 0 amide bonds. The number of carbonyl (C=O) groups excluding carboxylic acids is 2. The molecule has 0 saturated carbocycles. The maximum atomic E-state index is 8.89. The molecular weight excluding hydrogens is 538 g/mol. The zero-order valence-electron chi connectivity index (χ0n) is 13.6. The van der Waals surface area contributed by atoms with Crippen LogP contribution in [0.15, 0.2) is 60.7 Å². The van der Waals surface area contributed by atoms with Gasteiger partial charge < -0.3 is 79.2 Å². The molecule has 8 heteroatoms. The van der Waals surface area contributed by atoms with E-state index in [-0.39, 0.29) is 48.0 Å². The van der Waals surface area contributed by atoms with E-state index in [4.69, 9.17) is 19.8 Å². The highest BCUT2D eigenvalue weighted by atomic mass is 127. The van der Waals surface area contributed by atoms with Gasteiger partial charge in [0.15, 0.2) is 0 Å². The summed E-state index contributed by atoms with van der Waals surface area (Å²) in [5, 5.41) is 17.8. The number of aliphatic carboxylic acids is 2. The Labute approximate surface area is 176 Å². The average Bonchev–Trinajstić information content (AvgIpc) is 2.40. The van der Waals surface area contributed by atoms with Crippen LogP contribution in [0.3, 0.4) is 0 Å². The molecule has 0 bridgehead atoms. The molecule has 0 spiro atoms. The number of benzene rings is 2. The summed E-state index contributed by atoms with van der Waals surface area (Å²) >= 11 is 0. The molecular formula is C16H22I2N2O4-2. The van der Waals surface area contributed by atoms with Crippen LogP contribution in [0, 0.1) is 0 Å².